The molecule has 90 valence electrons. The van der Waals surface area contributed by atoms with E-state index in [1.807, 2.05) is 19.1 Å². The van der Waals surface area contributed by atoms with Gasteiger partial charge in [-0.05, 0) is 13.8 Å². The summed E-state index contributed by atoms with van der Waals surface area (Å²) in [4.78, 5) is 11.6. The Balaban J connectivity index is 2.44. The summed E-state index contributed by atoms with van der Waals surface area (Å²) in [5, 5.41) is 24.6. The second-order valence-electron chi connectivity index (χ2n) is 4.01. The molecule has 1 aliphatic heterocycles. The summed E-state index contributed by atoms with van der Waals surface area (Å²) in [5.41, 5.74) is 1.56. The lowest BCUT2D eigenvalue weighted by Crippen LogP contribution is -2.46. The van der Waals surface area contributed by atoms with Crippen LogP contribution >= 0.6 is 0 Å². The van der Waals surface area contributed by atoms with Crippen molar-refractivity contribution < 1.29 is 15.0 Å². The number of aryl methyl sites for hydroxylation is 1. The smallest absolute Gasteiger partial charge is 0.309 e. The van der Waals surface area contributed by atoms with Crippen LogP contribution in [0.4, 0.5) is 0 Å². The van der Waals surface area contributed by atoms with Crippen LogP contribution in [0.15, 0.2) is 29.4 Å². The number of rotatable bonds is 2. The molecule has 1 aliphatic rings. The molecule has 17 heavy (non-hydrogen) atoms. The van der Waals surface area contributed by atoms with Gasteiger partial charge >= 0.3 is 5.91 Å². The fourth-order valence-electron chi connectivity index (χ4n) is 1.70. The third-order valence-electron chi connectivity index (χ3n) is 2.71. The molecule has 0 spiro atoms. The van der Waals surface area contributed by atoms with E-state index in [0.717, 1.165) is 10.6 Å². The molecule has 0 aromatic heterocycles. The summed E-state index contributed by atoms with van der Waals surface area (Å²) in [5.74, 6) is -3.33. The van der Waals surface area contributed by atoms with Crippen LogP contribution in [0, 0.1) is 6.92 Å². The van der Waals surface area contributed by atoms with Crippen molar-refractivity contribution in [2.45, 2.75) is 19.6 Å². The molecule has 0 radical (unpaired) electrons. The van der Waals surface area contributed by atoms with Gasteiger partial charge in [0.15, 0.2) is 0 Å². The van der Waals surface area contributed by atoms with Crippen molar-refractivity contribution in [3.8, 4) is 0 Å². The fraction of sp³-hybridized carbons (Fsp3) is 0.333. The molecule has 5 nitrogen and oxygen atoms in total. The molecule has 1 amide bonds. The Kier molecular flexibility index (Phi) is 2.73. The number of hydrogen-bond acceptors (Lipinski definition) is 4. The van der Waals surface area contributed by atoms with E-state index in [9.17, 15) is 15.0 Å². The maximum atomic E-state index is 11.6. The zero-order chi connectivity index (χ0) is 12.6. The number of hydrazone groups is 1. The molecule has 0 atom stereocenters. The third kappa shape index (κ3) is 1.83. The molecule has 0 aliphatic carbocycles. The number of benzene rings is 1. The molecular weight excluding hydrogens is 220 g/mol. The Labute approximate surface area is 99.0 Å². The van der Waals surface area contributed by atoms with Crippen molar-refractivity contribution in [1.29, 1.82) is 0 Å². The standard InChI is InChI=1S/C12H14N2O3/c1-3-14-11(15)12(16,17)10(13-14)9-6-4-8(2)5-7-9/h4-7,16-17H,3H2,1-2H3. The van der Waals surface area contributed by atoms with Crippen LogP contribution in [0.3, 0.4) is 0 Å². The van der Waals surface area contributed by atoms with E-state index in [4.69, 9.17) is 0 Å². The minimum Gasteiger partial charge on any atom is -0.353 e. The zero-order valence-corrected chi connectivity index (χ0v) is 9.71. The number of carbonyl (C=O) groups excluding carboxylic acids is 1. The Morgan fingerprint density at radius 1 is 1.29 bits per heavy atom. The molecule has 0 unspecified atom stereocenters. The van der Waals surface area contributed by atoms with Crippen LogP contribution in [-0.4, -0.2) is 39.2 Å². The third-order valence-corrected chi connectivity index (χ3v) is 2.71. The molecule has 0 fully saturated rings. The minimum absolute atomic E-state index is 0.0237. The van der Waals surface area contributed by atoms with E-state index in [2.05, 4.69) is 5.10 Å². The predicted molar refractivity (Wildman–Crippen MR) is 62.3 cm³/mol. The number of carbonyl (C=O) groups is 1. The Bertz CT molecular complexity index is 477. The van der Waals surface area contributed by atoms with Gasteiger partial charge < -0.3 is 10.2 Å². The largest absolute Gasteiger partial charge is 0.353 e. The van der Waals surface area contributed by atoms with Crippen molar-refractivity contribution in [2.75, 3.05) is 6.54 Å². The Hall–Kier alpha value is -1.72. The molecule has 5 heteroatoms. The van der Waals surface area contributed by atoms with E-state index in [1.165, 1.54) is 0 Å². The van der Waals surface area contributed by atoms with E-state index < -0.39 is 11.7 Å². The van der Waals surface area contributed by atoms with Gasteiger partial charge in [-0.2, -0.15) is 5.10 Å². The monoisotopic (exact) mass is 234 g/mol. The lowest BCUT2D eigenvalue weighted by atomic mass is 10.0. The van der Waals surface area contributed by atoms with Gasteiger partial charge in [-0.15, -0.1) is 0 Å². The highest BCUT2D eigenvalue weighted by atomic mass is 16.5. The molecule has 2 rings (SSSR count). The quantitative estimate of drug-likeness (QED) is 0.720. The van der Waals surface area contributed by atoms with Crippen LogP contribution in [0.2, 0.25) is 0 Å². The van der Waals surface area contributed by atoms with Crippen LogP contribution in [-0.2, 0) is 4.79 Å². The van der Waals surface area contributed by atoms with Gasteiger partial charge in [0.25, 0.3) is 5.79 Å². The van der Waals surface area contributed by atoms with Crippen LogP contribution in [0.25, 0.3) is 0 Å². The van der Waals surface area contributed by atoms with E-state index in [0.29, 0.717) is 12.1 Å². The number of likely N-dealkylation sites (N-methyl/N-ethyl adjacent to an activating group) is 1. The average molecular weight is 234 g/mol. The van der Waals surface area contributed by atoms with Crippen LogP contribution in [0.1, 0.15) is 18.1 Å². The van der Waals surface area contributed by atoms with Gasteiger partial charge in [-0.1, -0.05) is 29.8 Å². The summed E-state index contributed by atoms with van der Waals surface area (Å²) in [6.45, 7) is 3.95. The molecule has 1 heterocycles. The minimum atomic E-state index is -2.52. The molecule has 0 saturated heterocycles. The Morgan fingerprint density at radius 2 is 1.88 bits per heavy atom. The molecule has 1 aromatic rings. The van der Waals surface area contributed by atoms with E-state index >= 15 is 0 Å². The highest BCUT2D eigenvalue weighted by molar-refractivity contribution is 6.20. The fourth-order valence-corrected chi connectivity index (χ4v) is 1.70. The number of nitrogens with zero attached hydrogens (tertiary/aromatic N) is 2. The SMILES string of the molecule is CCN1N=C(c2ccc(C)cc2)C(O)(O)C1=O. The lowest BCUT2D eigenvalue weighted by Gasteiger charge is -2.16. The molecule has 2 N–H and O–H groups in total. The first kappa shape index (κ1) is 11.8. The Morgan fingerprint density at radius 3 is 2.35 bits per heavy atom. The molecule has 0 bridgehead atoms. The maximum Gasteiger partial charge on any atom is 0.309 e. The summed E-state index contributed by atoms with van der Waals surface area (Å²) in [6, 6.07) is 7.07. The van der Waals surface area contributed by atoms with Gasteiger partial charge in [0.2, 0.25) is 0 Å². The van der Waals surface area contributed by atoms with Crippen molar-refractivity contribution in [3.63, 3.8) is 0 Å². The second-order valence-corrected chi connectivity index (χ2v) is 4.01. The second kappa shape index (κ2) is 3.94. The molecular formula is C12H14N2O3. The molecule has 0 saturated carbocycles. The summed E-state index contributed by atoms with van der Waals surface area (Å²) in [6.07, 6.45) is 0. The normalized spacial score (nSPS) is 18.5. The number of hydrogen-bond donors (Lipinski definition) is 2. The average Bonchev–Trinajstić information content (AvgIpc) is 2.53. The van der Waals surface area contributed by atoms with Gasteiger partial charge in [-0.3, -0.25) is 4.79 Å². The number of aliphatic hydroxyl groups is 2. The van der Waals surface area contributed by atoms with E-state index in [-0.39, 0.29) is 5.71 Å². The predicted octanol–water partition coefficient (Wildman–Crippen LogP) is 0.242. The van der Waals surface area contributed by atoms with Gasteiger partial charge in [0.1, 0.15) is 5.71 Å². The first-order valence-corrected chi connectivity index (χ1v) is 5.39. The van der Waals surface area contributed by atoms with Crippen LogP contribution in [0.5, 0.6) is 0 Å². The topological polar surface area (TPSA) is 73.1 Å². The molecule has 1 aromatic carbocycles. The summed E-state index contributed by atoms with van der Waals surface area (Å²) in [7, 11) is 0. The first-order valence-electron chi connectivity index (χ1n) is 5.39. The highest BCUT2D eigenvalue weighted by Gasteiger charge is 2.48. The summed E-state index contributed by atoms with van der Waals surface area (Å²) < 4.78 is 0. The van der Waals surface area contributed by atoms with Gasteiger partial charge in [0.05, 0.1) is 0 Å². The van der Waals surface area contributed by atoms with Crippen molar-refractivity contribution in [2.24, 2.45) is 5.10 Å². The van der Waals surface area contributed by atoms with Crippen molar-refractivity contribution in [3.05, 3.63) is 35.4 Å². The van der Waals surface area contributed by atoms with Crippen LogP contribution < -0.4 is 0 Å². The van der Waals surface area contributed by atoms with E-state index in [1.54, 1.807) is 19.1 Å². The maximum absolute atomic E-state index is 11.6. The van der Waals surface area contributed by atoms with Gasteiger partial charge in [-0.25, -0.2) is 5.01 Å². The number of amides is 1. The van der Waals surface area contributed by atoms with Gasteiger partial charge in [0, 0.05) is 12.1 Å². The van der Waals surface area contributed by atoms with Crippen molar-refractivity contribution >= 4 is 11.6 Å². The highest BCUT2D eigenvalue weighted by Crippen LogP contribution is 2.22. The zero-order valence-electron chi connectivity index (χ0n) is 9.71. The first-order chi connectivity index (χ1) is 7.96. The summed E-state index contributed by atoms with van der Waals surface area (Å²) >= 11 is 0. The van der Waals surface area contributed by atoms with Crippen molar-refractivity contribution in [1.82, 2.24) is 5.01 Å². The lowest BCUT2D eigenvalue weighted by molar-refractivity contribution is -0.167.